The van der Waals surface area contributed by atoms with Crippen molar-refractivity contribution in [2.24, 2.45) is 0 Å². The van der Waals surface area contributed by atoms with Gasteiger partial charge in [0.1, 0.15) is 0 Å². The standard InChI is InChI=1S/C21H22N6OS/c1-4-27-20(17-6-5-11-22-12-17)24-25-21(27)29-13-18-23-19(26-28-18)16-9-7-15(8-10-16)14(2)3/h5-12,14H,4,13H2,1-3H3. The van der Waals surface area contributed by atoms with Crippen molar-refractivity contribution >= 4 is 11.8 Å². The number of hydrogen-bond donors (Lipinski definition) is 0. The molecule has 0 spiro atoms. The Labute approximate surface area is 173 Å². The van der Waals surface area contributed by atoms with Gasteiger partial charge in [-0.25, -0.2) is 0 Å². The molecular formula is C21H22N6OS. The molecule has 0 radical (unpaired) electrons. The molecule has 0 aliphatic carbocycles. The van der Waals surface area contributed by atoms with Crippen LogP contribution in [-0.2, 0) is 12.3 Å². The van der Waals surface area contributed by atoms with E-state index in [1.807, 2.05) is 24.3 Å². The van der Waals surface area contributed by atoms with Gasteiger partial charge in [-0.1, -0.05) is 55.0 Å². The maximum Gasteiger partial charge on any atom is 0.237 e. The first-order chi connectivity index (χ1) is 14.2. The highest BCUT2D eigenvalue weighted by atomic mass is 32.2. The number of aromatic nitrogens is 6. The molecular weight excluding hydrogens is 384 g/mol. The van der Waals surface area contributed by atoms with Gasteiger partial charge in [-0.05, 0) is 30.5 Å². The first kappa shape index (κ1) is 19.3. The van der Waals surface area contributed by atoms with Crippen LogP contribution in [0.5, 0.6) is 0 Å². The first-order valence-corrected chi connectivity index (χ1v) is 10.5. The predicted molar refractivity (Wildman–Crippen MR) is 112 cm³/mol. The van der Waals surface area contributed by atoms with Crippen molar-refractivity contribution in [1.82, 2.24) is 29.9 Å². The maximum atomic E-state index is 5.43. The molecule has 3 aromatic heterocycles. The second-order valence-corrected chi connectivity index (χ2v) is 7.81. The summed E-state index contributed by atoms with van der Waals surface area (Å²) in [5.74, 6) is 2.99. The third-order valence-electron chi connectivity index (χ3n) is 4.58. The zero-order chi connectivity index (χ0) is 20.2. The molecule has 0 saturated heterocycles. The van der Waals surface area contributed by atoms with Gasteiger partial charge in [-0.2, -0.15) is 4.98 Å². The molecule has 0 bridgehead atoms. The van der Waals surface area contributed by atoms with Crippen LogP contribution < -0.4 is 0 Å². The summed E-state index contributed by atoms with van der Waals surface area (Å²) in [7, 11) is 0. The van der Waals surface area contributed by atoms with E-state index < -0.39 is 0 Å². The third-order valence-corrected chi connectivity index (χ3v) is 5.53. The predicted octanol–water partition coefficient (Wildman–Crippen LogP) is 4.83. The van der Waals surface area contributed by atoms with Crippen LogP contribution in [0, 0.1) is 0 Å². The highest BCUT2D eigenvalue weighted by Gasteiger charge is 2.15. The minimum absolute atomic E-state index is 0.494. The molecule has 4 rings (SSSR count). The first-order valence-electron chi connectivity index (χ1n) is 9.55. The van der Waals surface area contributed by atoms with Gasteiger partial charge in [-0.15, -0.1) is 10.2 Å². The molecule has 3 heterocycles. The Morgan fingerprint density at radius 1 is 1.07 bits per heavy atom. The van der Waals surface area contributed by atoms with Gasteiger partial charge >= 0.3 is 0 Å². The molecule has 0 unspecified atom stereocenters. The second kappa shape index (κ2) is 8.57. The number of rotatable bonds is 7. The van der Waals surface area contributed by atoms with E-state index in [1.165, 1.54) is 17.3 Å². The molecule has 148 valence electrons. The van der Waals surface area contributed by atoms with Crippen LogP contribution in [0.4, 0.5) is 0 Å². The van der Waals surface area contributed by atoms with Crippen molar-refractivity contribution in [1.29, 1.82) is 0 Å². The van der Waals surface area contributed by atoms with Gasteiger partial charge in [0.2, 0.25) is 11.7 Å². The lowest BCUT2D eigenvalue weighted by molar-refractivity contribution is 0.391. The van der Waals surface area contributed by atoms with E-state index in [2.05, 4.69) is 62.8 Å². The Balaban J connectivity index is 1.47. The van der Waals surface area contributed by atoms with E-state index >= 15 is 0 Å². The average molecular weight is 407 g/mol. The van der Waals surface area contributed by atoms with E-state index in [1.54, 1.807) is 12.4 Å². The number of nitrogens with zero attached hydrogens (tertiary/aromatic N) is 6. The summed E-state index contributed by atoms with van der Waals surface area (Å²) in [6.45, 7) is 7.18. The lowest BCUT2D eigenvalue weighted by atomic mass is 10.0. The summed E-state index contributed by atoms with van der Waals surface area (Å²) < 4.78 is 7.49. The van der Waals surface area contributed by atoms with E-state index in [9.17, 15) is 0 Å². The normalized spacial score (nSPS) is 11.3. The van der Waals surface area contributed by atoms with Gasteiger partial charge in [0.15, 0.2) is 11.0 Å². The summed E-state index contributed by atoms with van der Waals surface area (Å²) >= 11 is 1.53. The summed E-state index contributed by atoms with van der Waals surface area (Å²) in [6, 6.07) is 12.1. The van der Waals surface area contributed by atoms with Crippen molar-refractivity contribution in [3.8, 4) is 22.8 Å². The lowest BCUT2D eigenvalue weighted by Crippen LogP contribution is -2.00. The van der Waals surface area contributed by atoms with Gasteiger partial charge in [0, 0.05) is 30.1 Å². The van der Waals surface area contributed by atoms with Gasteiger partial charge in [-0.3, -0.25) is 4.98 Å². The summed E-state index contributed by atoms with van der Waals surface area (Å²) in [5, 5.41) is 13.6. The van der Waals surface area contributed by atoms with Crippen molar-refractivity contribution in [2.45, 2.75) is 44.1 Å². The Kier molecular flexibility index (Phi) is 5.71. The molecule has 7 nitrogen and oxygen atoms in total. The Bertz CT molecular complexity index is 1070. The summed E-state index contributed by atoms with van der Waals surface area (Å²) in [4.78, 5) is 8.69. The van der Waals surface area contributed by atoms with Crippen LogP contribution in [0.1, 0.15) is 38.1 Å². The van der Waals surface area contributed by atoms with Crippen LogP contribution >= 0.6 is 11.8 Å². The van der Waals surface area contributed by atoms with E-state index in [0.717, 1.165) is 28.7 Å². The van der Waals surface area contributed by atoms with Gasteiger partial charge < -0.3 is 9.09 Å². The fourth-order valence-corrected chi connectivity index (χ4v) is 3.80. The van der Waals surface area contributed by atoms with Gasteiger partial charge in [0.05, 0.1) is 5.75 Å². The fourth-order valence-electron chi connectivity index (χ4n) is 2.96. The fraction of sp³-hybridized carbons (Fsp3) is 0.286. The zero-order valence-corrected chi connectivity index (χ0v) is 17.4. The van der Waals surface area contributed by atoms with E-state index in [0.29, 0.717) is 23.4 Å². The number of thioether (sulfide) groups is 1. The number of hydrogen-bond acceptors (Lipinski definition) is 7. The summed E-state index contributed by atoms with van der Waals surface area (Å²) in [5.41, 5.74) is 3.18. The molecule has 0 amide bonds. The molecule has 4 aromatic rings. The monoisotopic (exact) mass is 406 g/mol. The zero-order valence-electron chi connectivity index (χ0n) is 16.6. The van der Waals surface area contributed by atoms with Crippen LogP contribution in [-0.4, -0.2) is 29.9 Å². The quantitative estimate of drug-likeness (QED) is 0.407. The molecule has 0 N–H and O–H groups in total. The molecule has 0 aliphatic heterocycles. The van der Waals surface area contributed by atoms with Crippen molar-refractivity contribution in [3.63, 3.8) is 0 Å². The highest BCUT2D eigenvalue weighted by molar-refractivity contribution is 7.98. The van der Waals surface area contributed by atoms with Crippen LogP contribution in [0.3, 0.4) is 0 Å². The molecule has 0 aliphatic rings. The SMILES string of the molecule is CCn1c(SCc2nc(-c3ccc(C(C)C)cc3)no2)nnc1-c1cccnc1. The van der Waals surface area contributed by atoms with Crippen LogP contribution in [0.2, 0.25) is 0 Å². The van der Waals surface area contributed by atoms with Crippen molar-refractivity contribution < 1.29 is 4.52 Å². The largest absolute Gasteiger partial charge is 0.338 e. The Hall–Kier alpha value is -3.00. The minimum Gasteiger partial charge on any atom is -0.338 e. The molecule has 29 heavy (non-hydrogen) atoms. The number of benzene rings is 1. The molecule has 8 heteroatoms. The average Bonchev–Trinajstić information content (AvgIpc) is 3.39. The molecule has 1 aromatic carbocycles. The maximum absolute atomic E-state index is 5.43. The lowest BCUT2D eigenvalue weighted by Gasteiger charge is -2.06. The molecule has 0 atom stereocenters. The topological polar surface area (TPSA) is 82.5 Å². The Morgan fingerprint density at radius 3 is 2.59 bits per heavy atom. The smallest absolute Gasteiger partial charge is 0.237 e. The summed E-state index contributed by atoms with van der Waals surface area (Å²) in [6.07, 6.45) is 3.54. The minimum atomic E-state index is 0.494. The van der Waals surface area contributed by atoms with Crippen LogP contribution in [0.15, 0.2) is 58.5 Å². The second-order valence-electron chi connectivity index (χ2n) is 6.87. The highest BCUT2D eigenvalue weighted by Crippen LogP contribution is 2.27. The molecule has 0 saturated carbocycles. The van der Waals surface area contributed by atoms with Crippen molar-refractivity contribution in [2.75, 3.05) is 0 Å². The van der Waals surface area contributed by atoms with Gasteiger partial charge in [0.25, 0.3) is 0 Å². The van der Waals surface area contributed by atoms with Crippen LogP contribution in [0.25, 0.3) is 22.8 Å². The van der Waals surface area contributed by atoms with E-state index in [4.69, 9.17) is 4.52 Å². The van der Waals surface area contributed by atoms with E-state index in [-0.39, 0.29) is 0 Å². The Morgan fingerprint density at radius 2 is 1.90 bits per heavy atom. The van der Waals surface area contributed by atoms with Crippen molar-refractivity contribution in [3.05, 3.63) is 60.2 Å². The number of pyridine rings is 1. The third kappa shape index (κ3) is 4.22. The molecule has 0 fully saturated rings.